The second-order valence-electron chi connectivity index (χ2n) is 6.10. The summed E-state index contributed by atoms with van der Waals surface area (Å²) >= 11 is 0. The van der Waals surface area contributed by atoms with Crippen LogP contribution in [0.2, 0.25) is 0 Å². The molecule has 0 amide bonds. The van der Waals surface area contributed by atoms with Gasteiger partial charge in [0.05, 0.1) is 6.61 Å². The van der Waals surface area contributed by atoms with Crippen molar-refractivity contribution in [2.45, 2.75) is 46.7 Å². The van der Waals surface area contributed by atoms with Gasteiger partial charge in [0.1, 0.15) is 0 Å². The molecule has 1 aromatic rings. The van der Waals surface area contributed by atoms with E-state index in [0.717, 1.165) is 25.5 Å². The van der Waals surface area contributed by atoms with E-state index in [4.69, 9.17) is 4.74 Å². The van der Waals surface area contributed by atoms with Crippen LogP contribution in [0.5, 0.6) is 0 Å². The molecule has 0 bridgehead atoms. The molecule has 0 radical (unpaired) electrons. The monoisotopic (exact) mass is 263 g/mol. The van der Waals surface area contributed by atoms with Crippen LogP contribution < -0.4 is 5.32 Å². The molecule has 1 N–H and O–H groups in total. The minimum Gasteiger partial charge on any atom is -0.383 e. The largest absolute Gasteiger partial charge is 0.383 e. The standard InChI is InChI=1S/C17H29NO/c1-13(2)10-15-6-8-16(9-7-15)11-18-17(12-19-5)14(3)4/h6-9,13-14,17-18H,10-12H2,1-5H3. The predicted octanol–water partition coefficient (Wildman–Crippen LogP) is 3.65. The van der Waals surface area contributed by atoms with E-state index in [1.54, 1.807) is 7.11 Å². The molecule has 0 aliphatic rings. The fourth-order valence-corrected chi connectivity index (χ4v) is 2.18. The number of benzene rings is 1. The van der Waals surface area contributed by atoms with Crippen molar-refractivity contribution in [3.63, 3.8) is 0 Å². The molecule has 1 atom stereocenters. The molecule has 0 fully saturated rings. The molecule has 2 heteroatoms. The molecule has 0 aliphatic heterocycles. The zero-order chi connectivity index (χ0) is 14.3. The Balaban J connectivity index is 2.48. The van der Waals surface area contributed by atoms with Crippen molar-refractivity contribution in [2.24, 2.45) is 11.8 Å². The van der Waals surface area contributed by atoms with Gasteiger partial charge < -0.3 is 10.1 Å². The van der Waals surface area contributed by atoms with E-state index in [0.29, 0.717) is 12.0 Å². The van der Waals surface area contributed by atoms with Gasteiger partial charge in [-0.25, -0.2) is 0 Å². The summed E-state index contributed by atoms with van der Waals surface area (Å²) in [6.45, 7) is 10.6. The van der Waals surface area contributed by atoms with Crippen LogP contribution in [0.3, 0.4) is 0 Å². The molecular weight excluding hydrogens is 234 g/mol. The van der Waals surface area contributed by atoms with E-state index in [1.807, 2.05) is 0 Å². The highest BCUT2D eigenvalue weighted by Crippen LogP contribution is 2.10. The summed E-state index contributed by atoms with van der Waals surface area (Å²) in [4.78, 5) is 0. The van der Waals surface area contributed by atoms with Gasteiger partial charge in [-0.3, -0.25) is 0 Å². The molecule has 1 rings (SSSR count). The molecule has 0 spiro atoms. The maximum Gasteiger partial charge on any atom is 0.0618 e. The SMILES string of the molecule is COCC(NCc1ccc(CC(C)C)cc1)C(C)C. The lowest BCUT2D eigenvalue weighted by Gasteiger charge is -2.21. The van der Waals surface area contributed by atoms with Crippen LogP contribution in [0, 0.1) is 11.8 Å². The highest BCUT2D eigenvalue weighted by Gasteiger charge is 2.11. The highest BCUT2D eigenvalue weighted by molar-refractivity contribution is 5.22. The molecule has 1 aromatic carbocycles. The highest BCUT2D eigenvalue weighted by atomic mass is 16.5. The number of hydrogen-bond donors (Lipinski definition) is 1. The van der Waals surface area contributed by atoms with Crippen LogP contribution in [0.4, 0.5) is 0 Å². The Morgan fingerprint density at radius 2 is 1.58 bits per heavy atom. The Labute approximate surface area is 118 Å². The van der Waals surface area contributed by atoms with Crippen molar-refractivity contribution in [1.29, 1.82) is 0 Å². The maximum atomic E-state index is 5.25. The Kier molecular flexibility index (Phi) is 7.11. The Bertz CT molecular complexity index is 343. The summed E-state index contributed by atoms with van der Waals surface area (Å²) in [5, 5.41) is 3.57. The third-order valence-electron chi connectivity index (χ3n) is 3.39. The first-order valence-electron chi connectivity index (χ1n) is 7.33. The molecular formula is C17H29NO. The van der Waals surface area contributed by atoms with E-state index >= 15 is 0 Å². The van der Waals surface area contributed by atoms with Gasteiger partial charge in [0, 0.05) is 19.7 Å². The fraction of sp³-hybridized carbons (Fsp3) is 0.647. The molecule has 0 heterocycles. The van der Waals surface area contributed by atoms with Crippen molar-refractivity contribution in [1.82, 2.24) is 5.32 Å². The topological polar surface area (TPSA) is 21.3 Å². The van der Waals surface area contributed by atoms with Crippen LogP contribution in [-0.2, 0) is 17.7 Å². The maximum absolute atomic E-state index is 5.25. The summed E-state index contributed by atoms with van der Waals surface area (Å²) in [6.07, 6.45) is 1.16. The van der Waals surface area contributed by atoms with Crippen LogP contribution >= 0.6 is 0 Å². The number of nitrogens with one attached hydrogen (secondary N) is 1. The first-order valence-corrected chi connectivity index (χ1v) is 7.33. The molecule has 108 valence electrons. The molecule has 19 heavy (non-hydrogen) atoms. The van der Waals surface area contributed by atoms with E-state index < -0.39 is 0 Å². The van der Waals surface area contributed by atoms with Crippen molar-refractivity contribution < 1.29 is 4.74 Å². The third-order valence-corrected chi connectivity index (χ3v) is 3.39. The van der Waals surface area contributed by atoms with Crippen LogP contribution in [0.1, 0.15) is 38.8 Å². The van der Waals surface area contributed by atoms with Crippen molar-refractivity contribution in [3.05, 3.63) is 35.4 Å². The Hall–Kier alpha value is -0.860. The first-order chi connectivity index (χ1) is 9.02. The van der Waals surface area contributed by atoms with Gasteiger partial charge in [-0.2, -0.15) is 0 Å². The normalized spacial score (nSPS) is 13.2. The smallest absolute Gasteiger partial charge is 0.0618 e. The molecule has 0 aliphatic carbocycles. The predicted molar refractivity (Wildman–Crippen MR) is 82.3 cm³/mol. The lowest BCUT2D eigenvalue weighted by Crippen LogP contribution is -2.37. The summed E-state index contributed by atoms with van der Waals surface area (Å²) in [5.74, 6) is 1.30. The first kappa shape index (κ1) is 16.2. The zero-order valence-electron chi connectivity index (χ0n) is 13.1. The second kappa shape index (κ2) is 8.34. The van der Waals surface area contributed by atoms with Gasteiger partial charge in [-0.15, -0.1) is 0 Å². The Morgan fingerprint density at radius 3 is 2.05 bits per heavy atom. The quantitative estimate of drug-likeness (QED) is 0.773. The van der Waals surface area contributed by atoms with E-state index in [9.17, 15) is 0 Å². The van der Waals surface area contributed by atoms with Gasteiger partial charge in [0.15, 0.2) is 0 Å². The van der Waals surface area contributed by atoms with Crippen LogP contribution in [0.25, 0.3) is 0 Å². The minimum absolute atomic E-state index is 0.417. The zero-order valence-corrected chi connectivity index (χ0v) is 13.1. The summed E-state index contributed by atoms with van der Waals surface area (Å²) in [6, 6.07) is 9.37. The minimum atomic E-state index is 0.417. The number of methoxy groups -OCH3 is 1. The Morgan fingerprint density at radius 1 is 1.00 bits per heavy atom. The molecule has 0 saturated heterocycles. The number of hydrogen-bond acceptors (Lipinski definition) is 2. The third kappa shape index (κ3) is 6.22. The van der Waals surface area contributed by atoms with Gasteiger partial charge in [-0.05, 0) is 29.4 Å². The lowest BCUT2D eigenvalue weighted by atomic mass is 10.0. The molecule has 1 unspecified atom stereocenters. The number of rotatable bonds is 8. The van der Waals surface area contributed by atoms with Crippen molar-refractivity contribution in [2.75, 3.05) is 13.7 Å². The average molecular weight is 263 g/mol. The van der Waals surface area contributed by atoms with Gasteiger partial charge in [0.25, 0.3) is 0 Å². The number of ether oxygens (including phenoxy) is 1. The van der Waals surface area contributed by atoms with E-state index in [2.05, 4.69) is 57.3 Å². The van der Waals surface area contributed by atoms with Crippen LogP contribution in [0.15, 0.2) is 24.3 Å². The van der Waals surface area contributed by atoms with Gasteiger partial charge in [-0.1, -0.05) is 52.0 Å². The van der Waals surface area contributed by atoms with Gasteiger partial charge >= 0.3 is 0 Å². The lowest BCUT2D eigenvalue weighted by molar-refractivity contribution is 0.146. The van der Waals surface area contributed by atoms with E-state index in [-0.39, 0.29) is 0 Å². The summed E-state index contributed by atoms with van der Waals surface area (Å²) < 4.78 is 5.25. The van der Waals surface area contributed by atoms with Crippen LogP contribution in [-0.4, -0.2) is 19.8 Å². The second-order valence-corrected chi connectivity index (χ2v) is 6.10. The van der Waals surface area contributed by atoms with Gasteiger partial charge in [0.2, 0.25) is 0 Å². The van der Waals surface area contributed by atoms with Crippen molar-refractivity contribution >= 4 is 0 Å². The fourth-order valence-electron chi connectivity index (χ4n) is 2.18. The average Bonchev–Trinajstić information content (AvgIpc) is 2.35. The van der Waals surface area contributed by atoms with E-state index in [1.165, 1.54) is 11.1 Å². The van der Waals surface area contributed by atoms with Crippen molar-refractivity contribution in [3.8, 4) is 0 Å². The molecule has 0 saturated carbocycles. The molecule has 2 nitrogen and oxygen atoms in total. The summed E-state index contributed by atoms with van der Waals surface area (Å²) in [7, 11) is 1.76. The molecule has 0 aromatic heterocycles. The summed E-state index contributed by atoms with van der Waals surface area (Å²) in [5.41, 5.74) is 2.77.